The molecule has 0 unspecified atom stereocenters. The molecule has 0 aliphatic carbocycles. The van der Waals surface area contributed by atoms with Crippen molar-refractivity contribution < 1.29 is 13.2 Å². The smallest absolute Gasteiger partial charge is 0.228 e. The maximum atomic E-state index is 12.3. The highest BCUT2D eigenvalue weighted by Gasteiger charge is 2.12. The minimum absolute atomic E-state index is 0.0439. The number of hydrogen-bond donors (Lipinski definition) is 1. The molecule has 3 aromatic carbocycles. The van der Waals surface area contributed by atoms with E-state index in [1.54, 1.807) is 49.4 Å². The number of halogens is 2. The van der Waals surface area contributed by atoms with Crippen molar-refractivity contribution in [2.24, 2.45) is 0 Å². The van der Waals surface area contributed by atoms with E-state index in [2.05, 4.69) is 5.32 Å². The fourth-order valence-electron chi connectivity index (χ4n) is 2.87. The lowest BCUT2D eigenvalue weighted by molar-refractivity contribution is -0.115. The van der Waals surface area contributed by atoms with Crippen LogP contribution in [0, 0.1) is 0 Å². The molecular formula is C22H19Cl2NO3S. The van der Waals surface area contributed by atoms with Gasteiger partial charge in [0.15, 0.2) is 9.84 Å². The largest absolute Gasteiger partial charge is 0.326 e. The summed E-state index contributed by atoms with van der Waals surface area (Å²) in [4.78, 5) is 12.6. The normalized spacial score (nSPS) is 11.3. The van der Waals surface area contributed by atoms with Gasteiger partial charge in [-0.15, -0.1) is 0 Å². The van der Waals surface area contributed by atoms with Crippen LogP contribution >= 0.6 is 23.2 Å². The van der Waals surface area contributed by atoms with Crippen LogP contribution in [-0.2, 0) is 21.1 Å². The van der Waals surface area contributed by atoms with Crippen molar-refractivity contribution >= 4 is 44.6 Å². The summed E-state index contributed by atoms with van der Waals surface area (Å²) in [7, 11) is -3.24. The van der Waals surface area contributed by atoms with Crippen LogP contribution in [0.3, 0.4) is 0 Å². The average Bonchev–Trinajstić information content (AvgIpc) is 2.69. The molecule has 0 atom stereocenters. The zero-order valence-corrected chi connectivity index (χ0v) is 18.0. The second kappa shape index (κ2) is 8.99. The number of rotatable bonds is 6. The molecule has 0 aliphatic rings. The van der Waals surface area contributed by atoms with Crippen molar-refractivity contribution in [3.8, 4) is 11.1 Å². The SMILES string of the molecule is CCS(=O)(=O)c1ccc(CC(=O)Nc2ccc(-c3c(Cl)cccc3Cl)cc2)cc1. The Hall–Kier alpha value is -2.34. The average molecular weight is 448 g/mol. The van der Waals surface area contributed by atoms with E-state index in [1.165, 1.54) is 12.1 Å². The number of carbonyl (C=O) groups is 1. The van der Waals surface area contributed by atoms with Crippen LogP contribution in [-0.4, -0.2) is 20.1 Å². The number of nitrogens with one attached hydrogen (secondary N) is 1. The standard InChI is InChI=1S/C22H19Cl2NO3S/c1-2-29(27,28)18-12-6-15(7-13-18)14-21(26)25-17-10-8-16(9-11-17)22-19(23)4-3-5-20(22)24/h3-13H,2,14H2,1H3,(H,25,26). The highest BCUT2D eigenvalue weighted by atomic mass is 35.5. The van der Waals surface area contributed by atoms with E-state index in [0.29, 0.717) is 15.7 Å². The van der Waals surface area contributed by atoms with Crippen molar-refractivity contribution in [2.75, 3.05) is 11.1 Å². The summed E-state index contributed by atoms with van der Waals surface area (Å²) < 4.78 is 23.7. The van der Waals surface area contributed by atoms with Gasteiger partial charge in [0.1, 0.15) is 0 Å². The molecule has 0 aliphatic heterocycles. The first-order chi connectivity index (χ1) is 13.8. The summed E-state index contributed by atoms with van der Waals surface area (Å²) in [5, 5.41) is 3.95. The maximum absolute atomic E-state index is 12.3. The first-order valence-electron chi connectivity index (χ1n) is 8.96. The zero-order valence-electron chi connectivity index (χ0n) is 15.7. The summed E-state index contributed by atoms with van der Waals surface area (Å²) >= 11 is 12.5. The first kappa shape index (κ1) is 21.4. The van der Waals surface area contributed by atoms with Gasteiger partial charge in [-0.3, -0.25) is 4.79 Å². The quantitative estimate of drug-likeness (QED) is 0.531. The van der Waals surface area contributed by atoms with Gasteiger partial charge < -0.3 is 5.32 Å². The van der Waals surface area contributed by atoms with Crippen LogP contribution in [0.15, 0.2) is 71.6 Å². The Morgan fingerprint density at radius 2 is 1.48 bits per heavy atom. The fourth-order valence-corrected chi connectivity index (χ4v) is 4.37. The molecule has 4 nitrogen and oxygen atoms in total. The van der Waals surface area contributed by atoms with Crippen molar-refractivity contribution in [3.63, 3.8) is 0 Å². The molecular weight excluding hydrogens is 429 g/mol. The summed E-state index contributed by atoms with van der Waals surface area (Å²) in [6.45, 7) is 1.60. The van der Waals surface area contributed by atoms with E-state index >= 15 is 0 Å². The van der Waals surface area contributed by atoms with E-state index in [4.69, 9.17) is 23.2 Å². The monoisotopic (exact) mass is 447 g/mol. The molecule has 3 rings (SSSR count). The number of benzene rings is 3. The number of amides is 1. The van der Waals surface area contributed by atoms with Gasteiger partial charge in [-0.2, -0.15) is 0 Å². The van der Waals surface area contributed by atoms with E-state index in [9.17, 15) is 13.2 Å². The lowest BCUT2D eigenvalue weighted by Crippen LogP contribution is -2.14. The Labute approximate surface area is 180 Å². The maximum Gasteiger partial charge on any atom is 0.228 e. The van der Waals surface area contributed by atoms with Crippen molar-refractivity contribution in [2.45, 2.75) is 18.2 Å². The van der Waals surface area contributed by atoms with Gasteiger partial charge in [0, 0.05) is 21.3 Å². The topological polar surface area (TPSA) is 63.2 Å². The molecule has 0 fully saturated rings. The van der Waals surface area contributed by atoms with Gasteiger partial charge in [0.2, 0.25) is 5.91 Å². The number of carbonyl (C=O) groups excluding carboxylic acids is 1. The summed E-state index contributed by atoms with van der Waals surface area (Å²) in [5.74, 6) is -0.151. The van der Waals surface area contributed by atoms with Crippen LogP contribution in [0.2, 0.25) is 10.0 Å². The lowest BCUT2D eigenvalue weighted by atomic mass is 10.1. The van der Waals surface area contributed by atoms with E-state index < -0.39 is 9.84 Å². The molecule has 1 amide bonds. The van der Waals surface area contributed by atoms with Gasteiger partial charge in [0.05, 0.1) is 17.1 Å². The number of hydrogen-bond acceptors (Lipinski definition) is 3. The van der Waals surface area contributed by atoms with Gasteiger partial charge in [-0.25, -0.2) is 8.42 Å². The third-order valence-electron chi connectivity index (χ3n) is 4.45. The van der Waals surface area contributed by atoms with Gasteiger partial charge in [-0.1, -0.05) is 60.5 Å². The van der Waals surface area contributed by atoms with Gasteiger partial charge in [0.25, 0.3) is 0 Å². The lowest BCUT2D eigenvalue weighted by Gasteiger charge is -2.10. The van der Waals surface area contributed by atoms with Crippen molar-refractivity contribution in [3.05, 3.63) is 82.3 Å². The predicted octanol–water partition coefficient (Wildman–Crippen LogP) is 5.64. The number of anilines is 1. The highest BCUT2D eigenvalue weighted by Crippen LogP contribution is 2.34. The van der Waals surface area contributed by atoms with Crippen molar-refractivity contribution in [1.29, 1.82) is 0 Å². The summed E-state index contributed by atoms with van der Waals surface area (Å²) in [6.07, 6.45) is 0.143. The number of sulfone groups is 1. The zero-order chi connectivity index (χ0) is 21.0. The van der Waals surface area contributed by atoms with Crippen LogP contribution in [0.5, 0.6) is 0 Å². The van der Waals surface area contributed by atoms with Crippen molar-refractivity contribution in [1.82, 2.24) is 0 Å². The van der Waals surface area contributed by atoms with E-state index in [0.717, 1.165) is 16.7 Å². The molecule has 0 bridgehead atoms. The molecule has 0 saturated carbocycles. The summed E-state index contributed by atoms with van der Waals surface area (Å²) in [5.41, 5.74) is 2.98. The molecule has 0 aromatic heterocycles. The Bertz CT molecular complexity index is 1110. The third-order valence-corrected chi connectivity index (χ3v) is 6.83. The Kier molecular flexibility index (Phi) is 6.63. The summed E-state index contributed by atoms with van der Waals surface area (Å²) in [6, 6.07) is 19.0. The van der Waals surface area contributed by atoms with E-state index in [1.807, 2.05) is 12.1 Å². The molecule has 0 spiro atoms. The molecule has 29 heavy (non-hydrogen) atoms. The van der Waals surface area contributed by atoms with Gasteiger partial charge >= 0.3 is 0 Å². The fraction of sp³-hybridized carbons (Fsp3) is 0.136. The highest BCUT2D eigenvalue weighted by molar-refractivity contribution is 7.91. The van der Waals surface area contributed by atoms with Crippen LogP contribution < -0.4 is 5.32 Å². The van der Waals surface area contributed by atoms with E-state index in [-0.39, 0.29) is 23.0 Å². The van der Waals surface area contributed by atoms with Gasteiger partial charge in [-0.05, 0) is 47.5 Å². The Balaban J connectivity index is 1.67. The minimum atomic E-state index is -3.24. The molecule has 7 heteroatoms. The minimum Gasteiger partial charge on any atom is -0.326 e. The second-order valence-electron chi connectivity index (χ2n) is 6.45. The predicted molar refractivity (Wildman–Crippen MR) is 118 cm³/mol. The first-order valence-corrected chi connectivity index (χ1v) is 11.4. The molecule has 0 saturated heterocycles. The molecule has 1 N–H and O–H groups in total. The van der Waals surface area contributed by atoms with Crippen LogP contribution in [0.1, 0.15) is 12.5 Å². The molecule has 0 radical (unpaired) electrons. The molecule has 0 heterocycles. The van der Waals surface area contributed by atoms with Crippen LogP contribution in [0.4, 0.5) is 5.69 Å². The second-order valence-corrected chi connectivity index (χ2v) is 9.54. The third kappa shape index (κ3) is 5.18. The molecule has 3 aromatic rings. The van der Waals surface area contributed by atoms with Crippen LogP contribution in [0.25, 0.3) is 11.1 Å². The molecule has 150 valence electrons. The Morgan fingerprint density at radius 1 is 0.897 bits per heavy atom. The Morgan fingerprint density at radius 3 is 2.03 bits per heavy atom.